The fourth-order valence-corrected chi connectivity index (χ4v) is 2.69. The molecule has 0 aliphatic carbocycles. The third kappa shape index (κ3) is 3.88. The zero-order valence-electron chi connectivity index (χ0n) is 12.9. The molecule has 1 aromatic carbocycles. The highest BCUT2D eigenvalue weighted by Crippen LogP contribution is 2.29. The van der Waals surface area contributed by atoms with Crippen molar-refractivity contribution in [2.45, 2.75) is 32.2 Å². The molecule has 0 spiro atoms. The van der Waals surface area contributed by atoms with Crippen molar-refractivity contribution in [2.75, 3.05) is 26.1 Å². The maximum absolute atomic E-state index is 12.4. The molecule has 2 rings (SSSR count). The summed E-state index contributed by atoms with van der Waals surface area (Å²) in [4.78, 5) is 12.4. The third-order valence-corrected chi connectivity index (χ3v) is 4.07. The number of methoxy groups -OCH3 is 2. The van der Waals surface area contributed by atoms with E-state index in [4.69, 9.17) is 9.47 Å². The molecule has 1 heterocycles. The lowest BCUT2D eigenvalue weighted by atomic mass is 9.90. The molecule has 0 bridgehead atoms. The van der Waals surface area contributed by atoms with Gasteiger partial charge >= 0.3 is 0 Å². The number of nitrogens with one attached hydrogen (secondary N) is 2. The molecule has 0 radical (unpaired) electrons. The molecule has 0 saturated carbocycles. The van der Waals surface area contributed by atoms with Crippen LogP contribution in [0.3, 0.4) is 0 Å². The molecule has 1 aromatic rings. The summed E-state index contributed by atoms with van der Waals surface area (Å²) >= 11 is 0. The monoisotopic (exact) mass is 292 g/mol. The molecule has 0 aromatic heterocycles. The first-order valence-corrected chi connectivity index (χ1v) is 7.44. The minimum Gasteiger partial charge on any atom is -0.497 e. The smallest absolute Gasteiger partial charge is 0.241 e. The average molecular weight is 292 g/mol. The van der Waals surface area contributed by atoms with E-state index in [1.54, 1.807) is 32.4 Å². The molecular formula is C16H24N2O3. The molecule has 2 atom stereocenters. The Bertz CT molecular complexity index is 490. The number of rotatable bonds is 5. The number of hydrogen-bond donors (Lipinski definition) is 2. The first-order chi connectivity index (χ1) is 10.2. The summed E-state index contributed by atoms with van der Waals surface area (Å²) in [6.45, 7) is 3.08. The highest BCUT2D eigenvalue weighted by molar-refractivity contribution is 5.96. The second-order valence-corrected chi connectivity index (χ2v) is 5.36. The van der Waals surface area contributed by atoms with E-state index < -0.39 is 0 Å². The lowest BCUT2D eigenvalue weighted by Crippen LogP contribution is -2.46. The second-order valence-electron chi connectivity index (χ2n) is 5.36. The van der Waals surface area contributed by atoms with Crippen LogP contribution in [-0.4, -0.2) is 32.7 Å². The van der Waals surface area contributed by atoms with E-state index in [0.717, 1.165) is 25.8 Å². The minimum absolute atomic E-state index is 0.00313. The van der Waals surface area contributed by atoms with Gasteiger partial charge in [0.1, 0.15) is 11.5 Å². The van der Waals surface area contributed by atoms with Crippen LogP contribution in [0.5, 0.6) is 11.5 Å². The van der Waals surface area contributed by atoms with Crippen molar-refractivity contribution in [3.8, 4) is 11.5 Å². The van der Waals surface area contributed by atoms with Crippen molar-refractivity contribution >= 4 is 11.6 Å². The topological polar surface area (TPSA) is 59.6 Å². The summed E-state index contributed by atoms with van der Waals surface area (Å²) in [7, 11) is 3.18. The Balaban J connectivity index is 2.05. The summed E-state index contributed by atoms with van der Waals surface area (Å²) in [6, 6.07) is 5.24. The zero-order valence-corrected chi connectivity index (χ0v) is 12.9. The van der Waals surface area contributed by atoms with Gasteiger partial charge in [-0.3, -0.25) is 4.79 Å². The van der Waals surface area contributed by atoms with Gasteiger partial charge in [0.25, 0.3) is 0 Å². The van der Waals surface area contributed by atoms with Crippen LogP contribution in [0, 0.1) is 5.92 Å². The van der Waals surface area contributed by atoms with Gasteiger partial charge in [0.15, 0.2) is 0 Å². The Morgan fingerprint density at radius 2 is 2.19 bits per heavy atom. The first-order valence-electron chi connectivity index (χ1n) is 7.44. The number of benzene rings is 1. The van der Waals surface area contributed by atoms with Gasteiger partial charge < -0.3 is 20.1 Å². The molecule has 5 nitrogen and oxygen atoms in total. The van der Waals surface area contributed by atoms with Crippen molar-refractivity contribution in [2.24, 2.45) is 5.92 Å². The molecule has 116 valence electrons. The Morgan fingerprint density at radius 1 is 1.38 bits per heavy atom. The van der Waals surface area contributed by atoms with E-state index in [1.807, 2.05) is 0 Å². The molecule has 2 N–H and O–H groups in total. The summed E-state index contributed by atoms with van der Waals surface area (Å²) in [5.74, 6) is 1.92. The Labute approximate surface area is 126 Å². The van der Waals surface area contributed by atoms with Gasteiger partial charge in [0.05, 0.1) is 25.9 Å². The molecule has 1 saturated heterocycles. The zero-order chi connectivity index (χ0) is 15.2. The number of amides is 1. The summed E-state index contributed by atoms with van der Waals surface area (Å²) in [6.07, 6.45) is 3.16. The van der Waals surface area contributed by atoms with Crippen LogP contribution in [-0.2, 0) is 4.79 Å². The Hall–Kier alpha value is -1.75. The van der Waals surface area contributed by atoms with E-state index in [9.17, 15) is 4.79 Å². The van der Waals surface area contributed by atoms with Gasteiger partial charge in [0, 0.05) is 6.07 Å². The summed E-state index contributed by atoms with van der Waals surface area (Å²) in [5, 5.41) is 6.23. The van der Waals surface area contributed by atoms with Crippen LogP contribution < -0.4 is 20.1 Å². The number of carbonyl (C=O) groups is 1. The highest BCUT2D eigenvalue weighted by atomic mass is 16.5. The van der Waals surface area contributed by atoms with Crippen LogP contribution in [0.2, 0.25) is 0 Å². The van der Waals surface area contributed by atoms with Gasteiger partial charge in [-0.05, 0) is 37.4 Å². The highest BCUT2D eigenvalue weighted by Gasteiger charge is 2.26. The number of ether oxygens (including phenoxy) is 2. The van der Waals surface area contributed by atoms with E-state index >= 15 is 0 Å². The summed E-state index contributed by atoms with van der Waals surface area (Å²) < 4.78 is 10.5. The van der Waals surface area contributed by atoms with Gasteiger partial charge in [-0.1, -0.05) is 13.3 Å². The van der Waals surface area contributed by atoms with E-state index in [2.05, 4.69) is 17.6 Å². The van der Waals surface area contributed by atoms with Gasteiger partial charge in [-0.15, -0.1) is 0 Å². The van der Waals surface area contributed by atoms with Gasteiger partial charge in [-0.2, -0.15) is 0 Å². The fourth-order valence-electron chi connectivity index (χ4n) is 2.69. The van der Waals surface area contributed by atoms with Crippen molar-refractivity contribution in [3.05, 3.63) is 18.2 Å². The molecule has 1 aliphatic heterocycles. The lowest BCUT2D eigenvalue weighted by Gasteiger charge is -2.29. The minimum atomic E-state index is -0.129. The van der Waals surface area contributed by atoms with Gasteiger partial charge in [-0.25, -0.2) is 0 Å². The van der Waals surface area contributed by atoms with E-state index in [1.165, 1.54) is 0 Å². The average Bonchev–Trinajstić information content (AvgIpc) is 2.55. The third-order valence-electron chi connectivity index (χ3n) is 4.07. The molecule has 5 heteroatoms. The van der Waals surface area contributed by atoms with Crippen molar-refractivity contribution in [3.63, 3.8) is 0 Å². The van der Waals surface area contributed by atoms with Crippen molar-refractivity contribution < 1.29 is 14.3 Å². The normalized spacial score (nSPS) is 21.7. The van der Waals surface area contributed by atoms with E-state index in [0.29, 0.717) is 23.1 Å². The molecule has 1 amide bonds. The Morgan fingerprint density at radius 3 is 2.86 bits per heavy atom. The molecule has 21 heavy (non-hydrogen) atoms. The van der Waals surface area contributed by atoms with Crippen LogP contribution in [0.4, 0.5) is 5.69 Å². The number of anilines is 1. The lowest BCUT2D eigenvalue weighted by molar-refractivity contribution is -0.119. The first kappa shape index (κ1) is 15.6. The van der Waals surface area contributed by atoms with Crippen LogP contribution in [0.15, 0.2) is 18.2 Å². The molecule has 1 fully saturated rings. The largest absolute Gasteiger partial charge is 0.497 e. The van der Waals surface area contributed by atoms with Crippen LogP contribution in [0.1, 0.15) is 26.2 Å². The maximum atomic E-state index is 12.4. The van der Waals surface area contributed by atoms with Crippen LogP contribution >= 0.6 is 0 Å². The van der Waals surface area contributed by atoms with Crippen molar-refractivity contribution in [1.82, 2.24) is 5.32 Å². The van der Waals surface area contributed by atoms with Gasteiger partial charge in [0.2, 0.25) is 5.91 Å². The second kappa shape index (κ2) is 7.31. The Kier molecular flexibility index (Phi) is 5.44. The SMILES string of the molecule is CCC1CCNC(C(=O)Nc2ccc(OC)cc2OC)C1. The van der Waals surface area contributed by atoms with Crippen LogP contribution in [0.25, 0.3) is 0 Å². The predicted octanol–water partition coefficient (Wildman–Crippen LogP) is 2.42. The summed E-state index contributed by atoms with van der Waals surface area (Å²) in [5.41, 5.74) is 0.670. The quantitative estimate of drug-likeness (QED) is 0.875. The van der Waals surface area contributed by atoms with E-state index in [-0.39, 0.29) is 11.9 Å². The standard InChI is InChI=1S/C16H24N2O3/c1-4-11-7-8-17-14(9-11)16(19)18-13-6-5-12(20-2)10-15(13)21-3/h5-6,10-11,14,17H,4,7-9H2,1-3H3,(H,18,19). The number of carbonyl (C=O) groups excluding carboxylic acids is 1. The predicted molar refractivity (Wildman–Crippen MR) is 83.0 cm³/mol. The molecular weight excluding hydrogens is 268 g/mol. The molecule has 2 unspecified atom stereocenters. The number of piperidine rings is 1. The maximum Gasteiger partial charge on any atom is 0.241 e. The fraction of sp³-hybridized carbons (Fsp3) is 0.562. The number of hydrogen-bond acceptors (Lipinski definition) is 4. The van der Waals surface area contributed by atoms with Crippen molar-refractivity contribution in [1.29, 1.82) is 0 Å². The molecule has 1 aliphatic rings.